The quantitative estimate of drug-likeness (QED) is 0.777. The molecule has 0 radical (unpaired) electrons. The Labute approximate surface area is 145 Å². The van der Waals surface area contributed by atoms with Crippen LogP contribution in [0.1, 0.15) is 6.42 Å². The Hall–Kier alpha value is -3.22. The summed E-state index contributed by atoms with van der Waals surface area (Å²) in [4.78, 5) is 24.5. The molecule has 0 bridgehead atoms. The smallest absolute Gasteiger partial charge is 0.247 e. The fourth-order valence-electron chi connectivity index (χ4n) is 2.61. The lowest BCUT2D eigenvalue weighted by Crippen LogP contribution is -2.41. The molecular weight excluding hydrogens is 322 g/mol. The SMILES string of the molecule is COc1cc(NC(=O)CC2Nc3ccccc3NC2=O)cc(OC)c1. The highest BCUT2D eigenvalue weighted by molar-refractivity contribution is 6.06. The number of hydrogen-bond acceptors (Lipinski definition) is 5. The van der Waals surface area contributed by atoms with E-state index < -0.39 is 6.04 Å². The normalized spacial score (nSPS) is 15.4. The van der Waals surface area contributed by atoms with E-state index in [0.29, 0.717) is 22.9 Å². The number of hydrogen-bond donors (Lipinski definition) is 3. The van der Waals surface area contributed by atoms with Crippen LogP contribution in [0, 0.1) is 0 Å². The van der Waals surface area contributed by atoms with Gasteiger partial charge in [-0.15, -0.1) is 0 Å². The first kappa shape index (κ1) is 16.6. The average Bonchev–Trinajstić information content (AvgIpc) is 2.61. The van der Waals surface area contributed by atoms with Crippen molar-refractivity contribution in [3.8, 4) is 11.5 Å². The monoisotopic (exact) mass is 341 g/mol. The Balaban J connectivity index is 1.68. The second-order valence-corrected chi connectivity index (χ2v) is 5.59. The molecule has 3 N–H and O–H groups in total. The summed E-state index contributed by atoms with van der Waals surface area (Å²) in [6.07, 6.45) is -0.000305. The van der Waals surface area contributed by atoms with E-state index >= 15 is 0 Å². The van der Waals surface area contributed by atoms with Gasteiger partial charge in [0.2, 0.25) is 11.8 Å². The highest BCUT2D eigenvalue weighted by atomic mass is 16.5. The number of amides is 2. The third-order valence-corrected chi connectivity index (χ3v) is 3.86. The van der Waals surface area contributed by atoms with E-state index in [1.807, 2.05) is 18.2 Å². The molecule has 0 aromatic heterocycles. The van der Waals surface area contributed by atoms with Gasteiger partial charge in [-0.2, -0.15) is 0 Å². The number of benzene rings is 2. The summed E-state index contributed by atoms with van der Waals surface area (Å²) < 4.78 is 10.4. The Morgan fingerprint density at radius 2 is 1.72 bits per heavy atom. The van der Waals surface area contributed by atoms with Crippen LogP contribution in [0.25, 0.3) is 0 Å². The van der Waals surface area contributed by atoms with Crippen molar-refractivity contribution in [3.63, 3.8) is 0 Å². The molecule has 1 aliphatic rings. The van der Waals surface area contributed by atoms with Gasteiger partial charge in [-0.05, 0) is 12.1 Å². The van der Waals surface area contributed by atoms with E-state index in [1.165, 1.54) is 14.2 Å². The van der Waals surface area contributed by atoms with Crippen molar-refractivity contribution in [2.24, 2.45) is 0 Å². The van der Waals surface area contributed by atoms with Crippen LogP contribution in [0.2, 0.25) is 0 Å². The summed E-state index contributed by atoms with van der Waals surface area (Å²) in [5, 5.41) is 8.64. The minimum atomic E-state index is -0.637. The van der Waals surface area contributed by atoms with Gasteiger partial charge in [0.1, 0.15) is 17.5 Å². The first-order valence-electron chi connectivity index (χ1n) is 7.78. The van der Waals surface area contributed by atoms with Gasteiger partial charge in [-0.3, -0.25) is 9.59 Å². The molecule has 7 nitrogen and oxygen atoms in total. The fourth-order valence-corrected chi connectivity index (χ4v) is 2.61. The lowest BCUT2D eigenvalue weighted by Gasteiger charge is -2.26. The summed E-state index contributed by atoms with van der Waals surface area (Å²) in [5.41, 5.74) is 2.04. The van der Waals surface area contributed by atoms with Crippen LogP contribution in [0.5, 0.6) is 11.5 Å². The number of fused-ring (bicyclic) bond motifs is 1. The van der Waals surface area contributed by atoms with Gasteiger partial charge >= 0.3 is 0 Å². The Morgan fingerprint density at radius 3 is 2.36 bits per heavy atom. The molecule has 25 heavy (non-hydrogen) atoms. The number of carbonyl (C=O) groups is 2. The first-order chi connectivity index (χ1) is 12.1. The molecule has 2 aromatic carbocycles. The van der Waals surface area contributed by atoms with Crippen molar-refractivity contribution in [1.29, 1.82) is 0 Å². The molecule has 2 amide bonds. The van der Waals surface area contributed by atoms with E-state index in [1.54, 1.807) is 24.3 Å². The van der Waals surface area contributed by atoms with Crippen LogP contribution >= 0.6 is 0 Å². The third kappa shape index (κ3) is 3.82. The number of anilines is 3. The topological polar surface area (TPSA) is 88.7 Å². The number of para-hydroxylation sites is 2. The number of ether oxygens (including phenoxy) is 2. The van der Waals surface area contributed by atoms with E-state index in [9.17, 15) is 9.59 Å². The largest absolute Gasteiger partial charge is 0.497 e. The van der Waals surface area contributed by atoms with Crippen LogP contribution in [0.3, 0.4) is 0 Å². The molecule has 0 aliphatic carbocycles. The molecule has 1 aliphatic heterocycles. The first-order valence-corrected chi connectivity index (χ1v) is 7.78. The van der Waals surface area contributed by atoms with Crippen LogP contribution in [0.15, 0.2) is 42.5 Å². The summed E-state index contributed by atoms with van der Waals surface area (Å²) in [6, 6.07) is 11.8. The standard InChI is InChI=1S/C18H19N3O4/c1-24-12-7-11(8-13(9-12)25-2)19-17(22)10-16-18(23)21-15-6-4-3-5-14(15)20-16/h3-9,16,20H,10H2,1-2H3,(H,19,22)(H,21,23). The molecule has 3 rings (SSSR count). The highest BCUT2D eigenvalue weighted by Crippen LogP contribution is 2.28. The van der Waals surface area contributed by atoms with Crippen molar-refractivity contribution >= 4 is 28.9 Å². The summed E-state index contributed by atoms with van der Waals surface area (Å²) in [5.74, 6) is 0.605. The van der Waals surface area contributed by atoms with E-state index in [-0.39, 0.29) is 18.2 Å². The highest BCUT2D eigenvalue weighted by Gasteiger charge is 2.27. The van der Waals surface area contributed by atoms with Gasteiger partial charge in [0.05, 0.1) is 32.0 Å². The average molecular weight is 341 g/mol. The van der Waals surface area contributed by atoms with E-state index in [0.717, 1.165) is 5.69 Å². The zero-order valence-electron chi connectivity index (χ0n) is 14.0. The van der Waals surface area contributed by atoms with Crippen molar-refractivity contribution in [2.45, 2.75) is 12.5 Å². The molecule has 1 heterocycles. The number of carbonyl (C=O) groups excluding carboxylic acids is 2. The maximum absolute atomic E-state index is 12.3. The maximum atomic E-state index is 12.3. The summed E-state index contributed by atoms with van der Waals surface area (Å²) in [7, 11) is 3.07. The van der Waals surface area contributed by atoms with Crippen molar-refractivity contribution < 1.29 is 19.1 Å². The van der Waals surface area contributed by atoms with Gasteiger partial charge in [0.15, 0.2) is 0 Å². The van der Waals surface area contributed by atoms with Crippen LogP contribution in [-0.2, 0) is 9.59 Å². The number of methoxy groups -OCH3 is 2. The lowest BCUT2D eigenvalue weighted by molar-refractivity contribution is -0.122. The second kappa shape index (κ2) is 7.12. The Kier molecular flexibility index (Phi) is 4.74. The molecule has 1 unspecified atom stereocenters. The lowest BCUT2D eigenvalue weighted by atomic mass is 10.1. The Bertz CT molecular complexity index is 784. The molecule has 2 aromatic rings. The van der Waals surface area contributed by atoms with Gasteiger partial charge in [-0.25, -0.2) is 0 Å². The minimum Gasteiger partial charge on any atom is -0.497 e. The van der Waals surface area contributed by atoms with Crippen molar-refractivity contribution in [3.05, 3.63) is 42.5 Å². The predicted octanol–water partition coefficient (Wildman–Crippen LogP) is 2.47. The van der Waals surface area contributed by atoms with Gasteiger partial charge < -0.3 is 25.4 Å². The molecule has 7 heteroatoms. The second-order valence-electron chi connectivity index (χ2n) is 5.59. The van der Waals surface area contributed by atoms with Crippen molar-refractivity contribution in [1.82, 2.24) is 0 Å². The van der Waals surface area contributed by atoms with E-state index in [4.69, 9.17) is 9.47 Å². The van der Waals surface area contributed by atoms with Crippen molar-refractivity contribution in [2.75, 3.05) is 30.2 Å². The van der Waals surface area contributed by atoms with Gasteiger partial charge in [0.25, 0.3) is 0 Å². The zero-order chi connectivity index (χ0) is 17.8. The molecule has 130 valence electrons. The number of nitrogens with one attached hydrogen (secondary N) is 3. The summed E-state index contributed by atoms with van der Waals surface area (Å²) in [6.45, 7) is 0. The van der Waals surface area contributed by atoms with Gasteiger partial charge in [-0.1, -0.05) is 12.1 Å². The van der Waals surface area contributed by atoms with Crippen LogP contribution < -0.4 is 25.4 Å². The predicted molar refractivity (Wildman–Crippen MR) is 95.3 cm³/mol. The fraction of sp³-hybridized carbons (Fsp3) is 0.222. The summed E-state index contributed by atoms with van der Waals surface area (Å²) >= 11 is 0. The molecular formula is C18H19N3O4. The maximum Gasteiger partial charge on any atom is 0.247 e. The molecule has 0 fully saturated rings. The minimum absolute atomic E-state index is 0.000305. The molecule has 0 spiro atoms. The zero-order valence-corrected chi connectivity index (χ0v) is 14.0. The van der Waals surface area contributed by atoms with Crippen LogP contribution in [-0.4, -0.2) is 32.1 Å². The molecule has 0 saturated carbocycles. The van der Waals surface area contributed by atoms with Gasteiger partial charge in [0, 0.05) is 23.9 Å². The van der Waals surface area contributed by atoms with E-state index in [2.05, 4.69) is 16.0 Å². The molecule has 1 atom stereocenters. The molecule has 0 saturated heterocycles. The van der Waals surface area contributed by atoms with Crippen LogP contribution in [0.4, 0.5) is 17.1 Å². The third-order valence-electron chi connectivity index (χ3n) is 3.86. The Morgan fingerprint density at radius 1 is 1.08 bits per heavy atom. The number of rotatable bonds is 5.